The number of benzene rings is 15. The van der Waals surface area contributed by atoms with Crippen molar-refractivity contribution in [2.75, 3.05) is 0 Å². The van der Waals surface area contributed by atoms with E-state index in [1.54, 1.807) is 12.4 Å². The minimum absolute atomic E-state index is 0. The molecule has 0 bridgehead atoms. The fraction of sp³-hybridized carbons (Fsp3) is 0.150. The van der Waals surface area contributed by atoms with E-state index in [0.29, 0.717) is 19.3 Å². The molecule has 0 saturated heterocycles. The molecule has 2 aromatic heterocycles. The second-order valence-electron chi connectivity index (χ2n) is 33.4. The minimum Gasteiger partial charge on any atom is -0.392 e. The van der Waals surface area contributed by atoms with E-state index in [9.17, 15) is 39.8 Å². The molecule has 132 heavy (non-hydrogen) atoms. The Kier molecular flexibility index (Phi) is 43.3. The van der Waals surface area contributed by atoms with Crippen molar-refractivity contribution in [1.82, 2.24) is 9.97 Å². The number of pyridine rings is 2. The molecule has 0 aliphatic rings. The Balaban J connectivity index is 0.000000185. The van der Waals surface area contributed by atoms with Gasteiger partial charge in [-0.05, 0) is 93.7 Å². The molecule has 0 aliphatic heterocycles. The molecule has 12 nitrogen and oxygen atoms in total. The maximum atomic E-state index is 12.6. The van der Waals surface area contributed by atoms with Crippen LogP contribution in [0.3, 0.4) is 0 Å². The topological polar surface area (TPSA) is 215 Å². The predicted octanol–water partition coefficient (Wildman–Crippen LogP) is 22.7. The zero-order valence-corrected chi connectivity index (χ0v) is 84.5. The van der Waals surface area contributed by atoms with E-state index in [1.165, 1.54) is 0 Å². The first-order chi connectivity index (χ1) is 62.5. The number of nitrogens with zero attached hydrogens (tertiary/aromatic N) is 4. The summed E-state index contributed by atoms with van der Waals surface area (Å²) in [6.07, 6.45) is 1.26. The summed E-state index contributed by atoms with van der Waals surface area (Å²) < 4.78 is 36.6. The summed E-state index contributed by atoms with van der Waals surface area (Å²) in [6, 6.07) is 152. The number of fused-ring (bicyclic) bond motifs is 3. The summed E-state index contributed by atoms with van der Waals surface area (Å²) in [4.78, 5) is 8.69. The van der Waals surface area contributed by atoms with Crippen molar-refractivity contribution in [3.8, 4) is 0 Å². The third-order valence-corrected chi connectivity index (χ3v) is 36.8. The quantitative estimate of drug-likeness (QED) is 0.0218. The Morgan fingerprint density at radius 2 is 0.402 bits per heavy atom. The van der Waals surface area contributed by atoms with Crippen molar-refractivity contribution >= 4 is 104 Å². The molecule has 2 heterocycles. The number of aliphatic hydroxyl groups is 6. The average Bonchev–Trinajstić information content (AvgIpc) is 0.731. The fourth-order valence-corrected chi connectivity index (χ4v) is 30.4. The number of aliphatic hydroxyl groups excluding tert-OH is 6. The van der Waals surface area contributed by atoms with Crippen molar-refractivity contribution in [3.05, 3.63) is 496 Å². The van der Waals surface area contributed by atoms with E-state index < -0.39 is 65.3 Å². The van der Waals surface area contributed by atoms with E-state index in [-0.39, 0.29) is 126 Å². The fourth-order valence-electron chi connectivity index (χ4n) is 14.8. The molecule has 6 atom stereocenters. The molecule has 0 fully saturated rings. The van der Waals surface area contributed by atoms with E-state index in [1.807, 2.05) is 333 Å². The third kappa shape index (κ3) is 29.1. The average molecular weight is 2270 g/mol. The summed E-state index contributed by atoms with van der Waals surface area (Å²) >= 11 is 0. The SMILES string of the molecule is CC(C)(C)C(O)CC(O)C(C)(C)C.OC(CC(O)c1ccccc1)c1ccccc1.OC(CC(O)c1ccccc1)c1ccccc1.[Dy].[Dy].[OH+]=P(N=P(c1ccccc1)(c1ccccc1)c1ccccc1)(c1ccccc1)c1ccccc1.[OH+]=P(N=P(c1ccccc1)(c1ccccc1)c1ccccc1)(c1ccccc1)c1ccccc1.[Tb].c1cnc2c(c1)ccc1cccnc12. The summed E-state index contributed by atoms with van der Waals surface area (Å²) in [5.41, 5.74) is 5.00. The monoisotopic (exact) mass is 2270 g/mol. The van der Waals surface area contributed by atoms with Crippen molar-refractivity contribution < 1.29 is 155 Å². The Morgan fingerprint density at radius 3 is 0.576 bits per heavy atom. The second kappa shape index (κ2) is 53.2. The van der Waals surface area contributed by atoms with Gasteiger partial charge in [0.2, 0.25) is 0 Å². The summed E-state index contributed by atoms with van der Waals surface area (Å²) in [6.45, 7) is 11.9. The van der Waals surface area contributed by atoms with Crippen LogP contribution in [0.1, 0.15) is 107 Å². The van der Waals surface area contributed by atoms with Gasteiger partial charge in [-0.25, -0.2) is 0 Å². The van der Waals surface area contributed by atoms with E-state index in [0.717, 1.165) is 97.1 Å². The normalized spacial score (nSPS) is 12.6. The molecule has 17 rings (SSSR count). The van der Waals surface area contributed by atoms with Gasteiger partial charge in [0.25, 0.3) is 0 Å². The van der Waals surface area contributed by atoms with Crippen LogP contribution in [-0.2, 0) is 0 Å². The molecule has 17 aromatic rings. The van der Waals surface area contributed by atoms with Gasteiger partial charge < -0.3 is 30.6 Å². The maximum absolute atomic E-state index is 12.6. The summed E-state index contributed by atoms with van der Waals surface area (Å²) in [5.74, 6) is 0. The molecule has 15 aromatic carbocycles. The van der Waals surface area contributed by atoms with Gasteiger partial charge in [-0.2, -0.15) is 9.03 Å². The van der Waals surface area contributed by atoms with Crippen LogP contribution in [0.4, 0.5) is 0 Å². The van der Waals surface area contributed by atoms with E-state index >= 15 is 0 Å². The molecule has 0 saturated carbocycles. The molecule has 19 heteroatoms. The molecule has 6 unspecified atom stereocenters. The molecule has 0 spiro atoms. The number of hydrogen-bond acceptors (Lipinski definition) is 8. The van der Waals surface area contributed by atoms with E-state index in [4.69, 9.17) is 9.03 Å². The Labute approximate surface area is 871 Å². The van der Waals surface area contributed by atoms with Gasteiger partial charge in [0.1, 0.15) is 0 Å². The Morgan fingerprint density at radius 1 is 0.235 bits per heavy atom. The second-order valence-corrected chi connectivity index (χ2v) is 44.9. The number of rotatable bonds is 22. The van der Waals surface area contributed by atoms with Crippen LogP contribution in [0, 0.1) is 126 Å². The molecule has 683 valence electrons. The van der Waals surface area contributed by atoms with Crippen LogP contribution in [0.5, 0.6) is 0 Å². The molecular weight excluding hydrogens is 2150 g/mol. The first-order valence-corrected chi connectivity index (χ1v) is 50.3. The smallest absolute Gasteiger partial charge is 0.392 e. The third-order valence-electron chi connectivity index (χ3n) is 22.2. The first-order valence-electron chi connectivity index (χ1n) is 43.5. The maximum Gasteiger partial charge on any atom is 0.399 e. The summed E-state index contributed by atoms with van der Waals surface area (Å²) in [5, 5.41) is 71.9. The minimum atomic E-state index is -3.12. The molecule has 0 amide bonds. The van der Waals surface area contributed by atoms with Crippen LogP contribution in [0.15, 0.2) is 482 Å². The van der Waals surface area contributed by atoms with Gasteiger partial charge in [-0.1, -0.05) is 442 Å². The number of hydrogen-bond donors (Lipinski definition) is 6. The van der Waals surface area contributed by atoms with E-state index in [2.05, 4.69) is 180 Å². The van der Waals surface area contributed by atoms with Gasteiger partial charge >= 0.3 is 14.6 Å². The molecule has 8 N–H and O–H groups in total. The van der Waals surface area contributed by atoms with Crippen molar-refractivity contribution in [2.45, 2.75) is 97.4 Å². The van der Waals surface area contributed by atoms with Crippen molar-refractivity contribution in [1.29, 1.82) is 0 Å². The molecule has 1 radical (unpaired) electrons. The standard InChI is InChI=1S/2C30H25NOP2.2C15H16O2.C12H8N2.C11H24O2.2Dy.Tb/c2*32-34(29-22-12-4-13-23-29,30-24-14-5-15-25-30)31-33(26-16-6-1-7-17-26,27-18-8-2-9-19-27)28-20-10-3-11-21-28;2*16-14(12-7-3-1-4-8-12)11-15(17)13-9-5-2-6-10-13;1-3-9-5-6-10-4-2-8-14-12(10)11(9)13-7-1;1-10(2,3)8(12)7-9(13)11(4,5)6;;;/h2*1-25H;2*1-10,14-17H,11H2;1-8H;8-9,12-13H,7H2,1-6H3;;;/p+2. The van der Waals surface area contributed by atoms with Crippen LogP contribution < -0.4 is 53.0 Å². The van der Waals surface area contributed by atoms with Crippen LogP contribution in [0.25, 0.3) is 21.8 Å². The van der Waals surface area contributed by atoms with Gasteiger partial charge in [-0.3, -0.25) is 19.1 Å². The summed E-state index contributed by atoms with van der Waals surface area (Å²) in [7, 11) is -11.4. The number of aromatic nitrogens is 2. The zero-order chi connectivity index (χ0) is 91.0. The molecular formula is C113H116Dy2N4O8P4Tb+2. The van der Waals surface area contributed by atoms with Gasteiger partial charge in [-0.15, -0.1) is 0 Å². The Hall–Kier alpha value is -8.37. The largest absolute Gasteiger partial charge is 0.399 e. The zero-order valence-electron chi connectivity index (χ0n) is 74.7. The predicted molar refractivity (Wildman–Crippen MR) is 545 cm³/mol. The van der Waals surface area contributed by atoms with Gasteiger partial charge in [0, 0.05) is 189 Å². The van der Waals surface area contributed by atoms with Crippen LogP contribution >= 0.6 is 28.7 Å². The van der Waals surface area contributed by atoms with Crippen LogP contribution in [0.2, 0.25) is 0 Å². The van der Waals surface area contributed by atoms with Gasteiger partial charge in [0.05, 0.1) is 83.0 Å². The van der Waals surface area contributed by atoms with Crippen molar-refractivity contribution in [2.24, 2.45) is 19.9 Å². The van der Waals surface area contributed by atoms with Crippen molar-refractivity contribution in [3.63, 3.8) is 0 Å². The first kappa shape index (κ1) is 107. The molecule has 0 aliphatic carbocycles. The van der Waals surface area contributed by atoms with Gasteiger partial charge in [0.15, 0.2) is 0 Å². The Bertz CT molecular complexity index is 5660. The van der Waals surface area contributed by atoms with Crippen LogP contribution in [-0.4, -0.2) is 61.9 Å².